The molecule has 58 valence electrons. The zero-order chi connectivity index (χ0) is 7.54. The fourth-order valence-corrected chi connectivity index (χ4v) is 0.321. The molecular weight excluding hydrogens is 300 g/mol. The third-order valence-electron chi connectivity index (χ3n) is 0.556. The van der Waals surface area contributed by atoms with E-state index in [9.17, 15) is 0 Å². The molecule has 0 saturated carbocycles. The molecule has 0 fully saturated rings. The summed E-state index contributed by atoms with van der Waals surface area (Å²) < 4.78 is 0. The van der Waals surface area contributed by atoms with Crippen molar-refractivity contribution in [2.75, 3.05) is 0 Å². The molecule has 1 rings (SSSR count). The molecule has 10 heavy (non-hydrogen) atoms. The van der Waals surface area contributed by atoms with Crippen LogP contribution in [0.3, 0.4) is 0 Å². The molecule has 1 aliphatic carbocycles. The van der Waals surface area contributed by atoms with Gasteiger partial charge in [-0.3, -0.25) is 0 Å². The van der Waals surface area contributed by atoms with Crippen LogP contribution in [0.15, 0.2) is 50.6 Å². The smallest absolute Gasteiger partial charge is 0.00506 e. The second-order valence-electron chi connectivity index (χ2n) is 0.962. The average Bonchev–Trinajstić information content (AvgIpc) is 2.51. The summed E-state index contributed by atoms with van der Waals surface area (Å²) in [6.45, 7) is 12.0. The number of allylic oxidation sites excluding steroid dienone is 4. The quantitative estimate of drug-likeness (QED) is 0.603. The van der Waals surface area contributed by atoms with Crippen LogP contribution in [0, 0.1) is 6.42 Å². The normalized spacial score (nSPS) is 9.60. The fourth-order valence-electron chi connectivity index (χ4n) is 0.321. The number of rotatable bonds is 0. The average molecular weight is 313 g/mol. The summed E-state index contributed by atoms with van der Waals surface area (Å²) in [5, 5.41) is 0. The SMILES string of the molecule is C=C.C=C.[CH]1C=CC=C1.[Ir]. The van der Waals surface area contributed by atoms with Gasteiger partial charge in [-0.25, -0.2) is 0 Å². The van der Waals surface area contributed by atoms with Gasteiger partial charge in [-0.05, 0) is 0 Å². The van der Waals surface area contributed by atoms with Crippen LogP contribution in [0.5, 0.6) is 0 Å². The van der Waals surface area contributed by atoms with Crippen molar-refractivity contribution >= 4 is 0 Å². The first-order valence-electron chi connectivity index (χ1n) is 2.67. The number of hydrogen-bond acceptors (Lipinski definition) is 0. The first kappa shape index (κ1) is 16.3. The van der Waals surface area contributed by atoms with E-state index in [1.165, 1.54) is 0 Å². The molecule has 0 bridgehead atoms. The maximum atomic E-state index is 3.00. The molecule has 0 aromatic rings. The third-order valence-corrected chi connectivity index (χ3v) is 0.556. The molecule has 0 unspecified atom stereocenters. The predicted octanol–water partition coefficient (Wildman–Crippen LogP) is 2.92. The van der Waals surface area contributed by atoms with E-state index in [0.717, 1.165) is 0 Å². The van der Waals surface area contributed by atoms with Gasteiger partial charge in [0.2, 0.25) is 0 Å². The molecule has 0 atom stereocenters. The molecule has 0 aliphatic heterocycles. The predicted molar refractivity (Wildman–Crippen MR) is 45.1 cm³/mol. The van der Waals surface area contributed by atoms with Crippen molar-refractivity contribution in [1.82, 2.24) is 0 Å². The zero-order valence-corrected chi connectivity index (χ0v) is 8.44. The van der Waals surface area contributed by atoms with E-state index in [1.54, 1.807) is 0 Å². The summed E-state index contributed by atoms with van der Waals surface area (Å²) in [6.07, 6.45) is 10.0. The molecule has 1 aliphatic rings. The van der Waals surface area contributed by atoms with Gasteiger partial charge in [-0.1, -0.05) is 24.3 Å². The summed E-state index contributed by atoms with van der Waals surface area (Å²) in [4.78, 5) is 0. The minimum atomic E-state index is 0. The Morgan fingerprint density at radius 3 is 1.00 bits per heavy atom. The van der Waals surface area contributed by atoms with E-state index >= 15 is 0 Å². The van der Waals surface area contributed by atoms with Crippen LogP contribution in [0.2, 0.25) is 0 Å². The van der Waals surface area contributed by atoms with E-state index in [1.807, 2.05) is 30.7 Å². The van der Waals surface area contributed by atoms with Crippen molar-refractivity contribution in [3.8, 4) is 0 Å². The second-order valence-corrected chi connectivity index (χ2v) is 0.962. The number of hydrogen-bond donors (Lipinski definition) is 0. The summed E-state index contributed by atoms with van der Waals surface area (Å²) in [5.41, 5.74) is 0. The molecule has 0 N–H and O–H groups in total. The second kappa shape index (κ2) is 23.5. The van der Waals surface area contributed by atoms with Crippen molar-refractivity contribution in [3.63, 3.8) is 0 Å². The van der Waals surface area contributed by atoms with Gasteiger partial charge in [0.05, 0.1) is 0 Å². The zero-order valence-electron chi connectivity index (χ0n) is 6.05. The summed E-state index contributed by atoms with van der Waals surface area (Å²) >= 11 is 0. The molecule has 0 heterocycles. The van der Waals surface area contributed by atoms with E-state index in [0.29, 0.717) is 0 Å². The van der Waals surface area contributed by atoms with Gasteiger partial charge in [0.1, 0.15) is 0 Å². The van der Waals surface area contributed by atoms with Crippen molar-refractivity contribution < 1.29 is 20.1 Å². The molecule has 2 radical (unpaired) electrons. The van der Waals surface area contributed by atoms with E-state index < -0.39 is 0 Å². The largest absolute Gasteiger partial charge is 0.106 e. The maximum Gasteiger partial charge on any atom is 0.00506 e. The fraction of sp³-hybridized carbons (Fsp3) is 0. The van der Waals surface area contributed by atoms with Crippen LogP contribution >= 0.6 is 0 Å². The Hall–Kier alpha value is -0.391. The van der Waals surface area contributed by atoms with Crippen LogP contribution in [0.25, 0.3) is 0 Å². The van der Waals surface area contributed by atoms with Crippen LogP contribution in [0.1, 0.15) is 0 Å². The van der Waals surface area contributed by atoms with E-state index in [-0.39, 0.29) is 20.1 Å². The minimum absolute atomic E-state index is 0. The van der Waals surface area contributed by atoms with Crippen molar-refractivity contribution in [2.45, 2.75) is 0 Å². The van der Waals surface area contributed by atoms with E-state index in [4.69, 9.17) is 0 Å². The summed E-state index contributed by atoms with van der Waals surface area (Å²) in [7, 11) is 0. The Kier molecular flexibility index (Phi) is 38.3. The van der Waals surface area contributed by atoms with Gasteiger partial charge in [0, 0.05) is 26.5 Å². The molecule has 0 nitrogen and oxygen atoms in total. The van der Waals surface area contributed by atoms with Gasteiger partial charge in [0.15, 0.2) is 0 Å². The third kappa shape index (κ3) is 15.6. The van der Waals surface area contributed by atoms with Crippen LogP contribution in [-0.2, 0) is 20.1 Å². The van der Waals surface area contributed by atoms with E-state index in [2.05, 4.69) is 26.3 Å². The van der Waals surface area contributed by atoms with Crippen LogP contribution in [-0.4, -0.2) is 0 Å². The van der Waals surface area contributed by atoms with Gasteiger partial charge in [-0.2, -0.15) is 0 Å². The molecule has 1 heteroatoms. The molecule has 0 saturated heterocycles. The van der Waals surface area contributed by atoms with Gasteiger partial charge >= 0.3 is 0 Å². The Balaban J connectivity index is -0.0000000875. The minimum Gasteiger partial charge on any atom is -0.106 e. The Morgan fingerprint density at radius 1 is 0.600 bits per heavy atom. The maximum absolute atomic E-state index is 3.00. The van der Waals surface area contributed by atoms with Crippen molar-refractivity contribution in [3.05, 3.63) is 57.0 Å². The van der Waals surface area contributed by atoms with Crippen LogP contribution in [0.4, 0.5) is 0 Å². The molecule has 0 spiro atoms. The standard InChI is InChI=1S/C5H5.2C2H4.Ir/c1-2-4-5-3-1;2*1-2;/h1-5H;2*1-2H2;. The molecular formula is C9H13Ir. The van der Waals surface area contributed by atoms with Crippen LogP contribution < -0.4 is 0 Å². The van der Waals surface area contributed by atoms with Crippen molar-refractivity contribution in [1.29, 1.82) is 0 Å². The molecule has 0 amide bonds. The molecule has 0 aromatic heterocycles. The van der Waals surface area contributed by atoms with Gasteiger partial charge in [0.25, 0.3) is 0 Å². The topological polar surface area (TPSA) is 0 Å². The Morgan fingerprint density at radius 2 is 0.900 bits per heavy atom. The summed E-state index contributed by atoms with van der Waals surface area (Å²) in [5.74, 6) is 0. The van der Waals surface area contributed by atoms with Crippen molar-refractivity contribution in [2.24, 2.45) is 0 Å². The molecule has 0 aromatic carbocycles. The van der Waals surface area contributed by atoms with Gasteiger partial charge in [-0.15, -0.1) is 26.3 Å². The monoisotopic (exact) mass is 314 g/mol. The van der Waals surface area contributed by atoms with Gasteiger partial charge < -0.3 is 0 Å². The summed E-state index contributed by atoms with van der Waals surface area (Å²) in [6, 6.07) is 0. The first-order valence-corrected chi connectivity index (χ1v) is 2.67. The Bertz CT molecular complexity index is 80.9. The first-order chi connectivity index (χ1) is 4.50. The Labute approximate surface area is 77.4 Å².